The molecular weight excluding hydrogens is 270 g/mol. The lowest BCUT2D eigenvalue weighted by Gasteiger charge is -2.33. The highest BCUT2D eigenvalue weighted by atomic mass is 32.1. The van der Waals surface area contributed by atoms with Crippen LogP contribution in [-0.4, -0.2) is 25.0 Å². The number of aromatic nitrogens is 5. The standard InChI is InChI=1S/C14H17N5S/c1-14(2,3)8-4-5-9-10(6-8)20-13-11(9)12-16-17-18-19(12)7-15-13/h7-8H,4-6H2,1-3H3/t8-/m0/s1. The lowest BCUT2D eigenvalue weighted by Crippen LogP contribution is -2.26. The number of thiophene rings is 1. The Balaban J connectivity index is 1.91. The second-order valence-electron chi connectivity index (χ2n) is 6.68. The molecule has 5 nitrogen and oxygen atoms in total. The van der Waals surface area contributed by atoms with Crippen LogP contribution < -0.4 is 0 Å². The normalized spacial score (nSPS) is 19.6. The quantitative estimate of drug-likeness (QED) is 0.638. The van der Waals surface area contributed by atoms with Crippen molar-refractivity contribution in [1.29, 1.82) is 0 Å². The van der Waals surface area contributed by atoms with E-state index in [0.29, 0.717) is 5.41 Å². The predicted molar refractivity (Wildman–Crippen MR) is 78.9 cm³/mol. The summed E-state index contributed by atoms with van der Waals surface area (Å²) in [6.45, 7) is 7.03. The minimum atomic E-state index is 0.368. The van der Waals surface area contributed by atoms with E-state index in [-0.39, 0.29) is 0 Å². The number of hydrogen-bond donors (Lipinski definition) is 0. The molecule has 0 bridgehead atoms. The van der Waals surface area contributed by atoms with Crippen molar-refractivity contribution in [3.63, 3.8) is 0 Å². The molecule has 0 aliphatic heterocycles. The topological polar surface area (TPSA) is 56.0 Å². The SMILES string of the molecule is CC(C)(C)[C@H]1CCc2c(sc3ncn4nnnc4c23)C1. The van der Waals surface area contributed by atoms with Crippen LogP contribution in [-0.2, 0) is 12.8 Å². The summed E-state index contributed by atoms with van der Waals surface area (Å²) in [5, 5.41) is 13.0. The van der Waals surface area contributed by atoms with Crippen LogP contribution in [0, 0.1) is 11.3 Å². The van der Waals surface area contributed by atoms with Gasteiger partial charge in [-0.1, -0.05) is 20.8 Å². The Kier molecular flexibility index (Phi) is 2.42. The van der Waals surface area contributed by atoms with Crippen LogP contribution in [0.5, 0.6) is 0 Å². The van der Waals surface area contributed by atoms with Gasteiger partial charge in [0, 0.05) is 4.88 Å². The molecule has 104 valence electrons. The van der Waals surface area contributed by atoms with Crippen molar-refractivity contribution >= 4 is 27.2 Å². The van der Waals surface area contributed by atoms with Crippen molar-refractivity contribution in [1.82, 2.24) is 25.0 Å². The maximum Gasteiger partial charge on any atom is 0.191 e. The summed E-state index contributed by atoms with van der Waals surface area (Å²) in [7, 11) is 0. The molecule has 4 rings (SSSR count). The van der Waals surface area contributed by atoms with Crippen LogP contribution in [0.25, 0.3) is 15.9 Å². The van der Waals surface area contributed by atoms with Crippen LogP contribution in [0.4, 0.5) is 0 Å². The highest BCUT2D eigenvalue weighted by Gasteiger charge is 2.31. The van der Waals surface area contributed by atoms with Gasteiger partial charge >= 0.3 is 0 Å². The molecule has 0 aromatic carbocycles. The lowest BCUT2D eigenvalue weighted by molar-refractivity contribution is 0.218. The highest BCUT2D eigenvalue weighted by molar-refractivity contribution is 7.19. The number of fused-ring (bicyclic) bond motifs is 5. The van der Waals surface area contributed by atoms with Gasteiger partial charge in [0.25, 0.3) is 0 Å². The molecule has 1 atom stereocenters. The summed E-state index contributed by atoms with van der Waals surface area (Å²) in [6, 6.07) is 0. The Morgan fingerprint density at radius 2 is 2.20 bits per heavy atom. The summed E-state index contributed by atoms with van der Waals surface area (Å²) in [5.74, 6) is 0.745. The largest absolute Gasteiger partial charge is 0.225 e. The van der Waals surface area contributed by atoms with Crippen LogP contribution in [0.15, 0.2) is 6.33 Å². The smallest absolute Gasteiger partial charge is 0.191 e. The number of rotatable bonds is 0. The molecule has 0 saturated heterocycles. The van der Waals surface area contributed by atoms with Gasteiger partial charge in [0.15, 0.2) is 5.65 Å². The summed E-state index contributed by atoms with van der Waals surface area (Å²) in [4.78, 5) is 7.07. The van der Waals surface area contributed by atoms with Gasteiger partial charge in [-0.25, -0.2) is 4.98 Å². The molecule has 0 unspecified atom stereocenters. The molecule has 0 radical (unpaired) electrons. The number of aryl methyl sites for hydroxylation is 1. The lowest BCUT2D eigenvalue weighted by atomic mass is 9.72. The molecule has 3 aromatic heterocycles. The fraction of sp³-hybridized carbons (Fsp3) is 0.571. The van der Waals surface area contributed by atoms with Crippen LogP contribution in [0.1, 0.15) is 37.6 Å². The maximum absolute atomic E-state index is 4.51. The molecule has 20 heavy (non-hydrogen) atoms. The molecule has 0 spiro atoms. The third-order valence-electron chi connectivity index (χ3n) is 4.47. The van der Waals surface area contributed by atoms with E-state index in [4.69, 9.17) is 0 Å². The number of nitrogens with zero attached hydrogens (tertiary/aromatic N) is 5. The fourth-order valence-corrected chi connectivity index (χ4v) is 4.44. The van der Waals surface area contributed by atoms with Gasteiger partial charge in [-0.2, -0.15) is 4.52 Å². The van der Waals surface area contributed by atoms with E-state index in [1.807, 2.05) is 11.3 Å². The zero-order valence-electron chi connectivity index (χ0n) is 11.9. The summed E-state index contributed by atoms with van der Waals surface area (Å²) >= 11 is 1.82. The van der Waals surface area contributed by atoms with Crippen LogP contribution in [0.2, 0.25) is 0 Å². The van der Waals surface area contributed by atoms with Gasteiger partial charge in [-0.15, -0.1) is 16.4 Å². The molecule has 0 amide bonds. The molecular formula is C14H17N5S. The number of tetrazole rings is 1. The van der Waals surface area contributed by atoms with E-state index in [2.05, 4.69) is 41.3 Å². The Bertz CT molecular complexity index is 795. The Hall–Kier alpha value is -1.56. The zero-order chi connectivity index (χ0) is 13.9. The first-order valence-electron chi connectivity index (χ1n) is 7.01. The third-order valence-corrected chi connectivity index (χ3v) is 5.63. The van der Waals surface area contributed by atoms with E-state index in [0.717, 1.165) is 29.2 Å². The fourth-order valence-electron chi connectivity index (χ4n) is 3.18. The molecule has 6 heteroatoms. The van der Waals surface area contributed by atoms with Crippen molar-refractivity contribution in [2.75, 3.05) is 0 Å². The summed E-state index contributed by atoms with van der Waals surface area (Å²) in [5.41, 5.74) is 2.65. The minimum absolute atomic E-state index is 0.368. The molecule has 3 aromatic rings. The second kappa shape index (κ2) is 3.97. The van der Waals surface area contributed by atoms with Gasteiger partial charge in [0.2, 0.25) is 0 Å². The molecule has 1 aliphatic rings. The first-order chi connectivity index (χ1) is 9.54. The van der Waals surface area contributed by atoms with Gasteiger partial charge in [0.05, 0.1) is 5.39 Å². The monoisotopic (exact) mass is 287 g/mol. The Labute approximate surface area is 121 Å². The van der Waals surface area contributed by atoms with Crippen molar-refractivity contribution in [2.24, 2.45) is 11.3 Å². The van der Waals surface area contributed by atoms with Crippen molar-refractivity contribution in [3.05, 3.63) is 16.8 Å². The van der Waals surface area contributed by atoms with Gasteiger partial charge in [0.1, 0.15) is 11.2 Å². The van der Waals surface area contributed by atoms with Crippen molar-refractivity contribution < 1.29 is 0 Å². The highest BCUT2D eigenvalue weighted by Crippen LogP contribution is 2.43. The first kappa shape index (κ1) is 12.2. The van der Waals surface area contributed by atoms with E-state index in [1.165, 1.54) is 22.2 Å². The molecule has 0 fully saturated rings. The van der Waals surface area contributed by atoms with E-state index < -0.39 is 0 Å². The zero-order valence-corrected chi connectivity index (χ0v) is 12.7. The van der Waals surface area contributed by atoms with Gasteiger partial charge < -0.3 is 0 Å². The van der Waals surface area contributed by atoms with E-state index >= 15 is 0 Å². The predicted octanol–water partition coefficient (Wildman–Crippen LogP) is 2.89. The molecule has 3 heterocycles. The number of hydrogen-bond acceptors (Lipinski definition) is 5. The Morgan fingerprint density at radius 3 is 3.00 bits per heavy atom. The van der Waals surface area contributed by atoms with E-state index in [1.54, 1.807) is 10.8 Å². The second-order valence-corrected chi connectivity index (χ2v) is 7.76. The van der Waals surface area contributed by atoms with E-state index in [9.17, 15) is 0 Å². The average Bonchev–Trinajstić information content (AvgIpc) is 2.99. The maximum atomic E-state index is 4.51. The molecule has 1 aliphatic carbocycles. The average molecular weight is 287 g/mol. The Morgan fingerprint density at radius 1 is 1.35 bits per heavy atom. The minimum Gasteiger partial charge on any atom is -0.225 e. The van der Waals surface area contributed by atoms with Gasteiger partial charge in [-0.3, -0.25) is 0 Å². The molecule has 0 N–H and O–H groups in total. The summed E-state index contributed by atoms with van der Waals surface area (Å²) in [6.07, 6.45) is 5.23. The van der Waals surface area contributed by atoms with Crippen LogP contribution >= 0.6 is 11.3 Å². The molecule has 0 saturated carbocycles. The summed E-state index contributed by atoms with van der Waals surface area (Å²) < 4.78 is 1.67. The van der Waals surface area contributed by atoms with Crippen molar-refractivity contribution in [3.8, 4) is 0 Å². The van der Waals surface area contributed by atoms with Gasteiger partial charge in [-0.05, 0) is 46.6 Å². The van der Waals surface area contributed by atoms with Crippen molar-refractivity contribution in [2.45, 2.75) is 40.0 Å². The first-order valence-corrected chi connectivity index (χ1v) is 7.82. The third kappa shape index (κ3) is 1.67. The van der Waals surface area contributed by atoms with Crippen LogP contribution in [0.3, 0.4) is 0 Å².